The van der Waals surface area contributed by atoms with E-state index in [0.29, 0.717) is 13.1 Å². The summed E-state index contributed by atoms with van der Waals surface area (Å²) < 4.78 is 0. The lowest BCUT2D eigenvalue weighted by molar-refractivity contribution is -0.120. The minimum absolute atomic E-state index is 0.0392. The largest absolute Gasteiger partial charge is 0.353 e. The van der Waals surface area contributed by atoms with Gasteiger partial charge in [0.15, 0.2) is 0 Å². The van der Waals surface area contributed by atoms with Crippen molar-refractivity contribution in [3.63, 3.8) is 0 Å². The van der Waals surface area contributed by atoms with Gasteiger partial charge in [0.25, 0.3) is 0 Å². The fraction of sp³-hybridized carbons (Fsp3) is 0.538. The molecule has 4 heteroatoms. The Hall–Kier alpha value is -1.58. The minimum atomic E-state index is 0.0392. The van der Waals surface area contributed by atoms with Gasteiger partial charge in [-0.15, -0.1) is 0 Å². The van der Waals surface area contributed by atoms with E-state index in [-0.39, 0.29) is 11.3 Å². The highest BCUT2D eigenvalue weighted by molar-refractivity contribution is 5.82. The lowest BCUT2D eigenvalue weighted by atomic mass is 9.87. The predicted octanol–water partition coefficient (Wildman–Crippen LogP) is 1.32. The molecule has 1 aromatic heterocycles. The molecule has 1 aromatic rings. The Bertz CT molecular complexity index is 423. The number of carbonyl (C=O) groups is 1. The molecule has 1 aliphatic heterocycles. The maximum absolute atomic E-state index is 11.4. The molecule has 4 nitrogen and oxygen atoms in total. The van der Waals surface area contributed by atoms with Gasteiger partial charge in [-0.25, -0.2) is 4.98 Å². The summed E-state index contributed by atoms with van der Waals surface area (Å²) in [7, 11) is 0. The molecule has 2 heterocycles. The third kappa shape index (κ3) is 2.57. The predicted molar refractivity (Wildman–Crippen MR) is 68.2 cm³/mol. The number of nitrogens with one attached hydrogen (secondary N) is 1. The van der Waals surface area contributed by atoms with Crippen LogP contribution in [-0.4, -0.2) is 30.5 Å². The second kappa shape index (κ2) is 4.35. The number of hydrogen-bond acceptors (Lipinski definition) is 3. The van der Waals surface area contributed by atoms with Crippen molar-refractivity contribution < 1.29 is 4.79 Å². The highest BCUT2D eigenvalue weighted by atomic mass is 16.2. The molecule has 0 spiro atoms. The van der Waals surface area contributed by atoms with E-state index in [0.717, 1.165) is 12.4 Å². The van der Waals surface area contributed by atoms with Crippen LogP contribution in [0.5, 0.6) is 0 Å². The third-order valence-electron chi connectivity index (χ3n) is 2.93. The maximum Gasteiger partial charge on any atom is 0.239 e. The number of anilines is 1. The fourth-order valence-electron chi connectivity index (χ4n) is 2.05. The monoisotopic (exact) mass is 233 g/mol. The van der Waals surface area contributed by atoms with Gasteiger partial charge >= 0.3 is 0 Å². The van der Waals surface area contributed by atoms with Crippen LogP contribution in [-0.2, 0) is 10.2 Å². The molecule has 1 amide bonds. The van der Waals surface area contributed by atoms with Gasteiger partial charge in [-0.3, -0.25) is 4.79 Å². The summed E-state index contributed by atoms with van der Waals surface area (Å²) in [4.78, 5) is 17.9. The van der Waals surface area contributed by atoms with E-state index in [1.807, 2.05) is 6.07 Å². The van der Waals surface area contributed by atoms with Gasteiger partial charge in [0.05, 0.1) is 6.54 Å². The Kier molecular flexibility index (Phi) is 3.05. The zero-order valence-electron chi connectivity index (χ0n) is 10.7. The third-order valence-corrected chi connectivity index (χ3v) is 2.93. The zero-order valence-corrected chi connectivity index (χ0v) is 10.7. The first-order chi connectivity index (χ1) is 7.98. The lowest BCUT2D eigenvalue weighted by Gasteiger charge is -2.32. The van der Waals surface area contributed by atoms with Crippen LogP contribution in [0.4, 0.5) is 5.82 Å². The van der Waals surface area contributed by atoms with Crippen molar-refractivity contribution in [2.24, 2.45) is 0 Å². The summed E-state index contributed by atoms with van der Waals surface area (Å²) in [6, 6.07) is 4.04. The SMILES string of the molecule is CC(C)(C)c1cccnc1N1CCNC(=O)C1. The fourth-order valence-corrected chi connectivity index (χ4v) is 2.05. The molecular weight excluding hydrogens is 214 g/mol. The van der Waals surface area contributed by atoms with Gasteiger partial charge in [0, 0.05) is 24.8 Å². The van der Waals surface area contributed by atoms with E-state index in [1.165, 1.54) is 5.56 Å². The summed E-state index contributed by atoms with van der Waals surface area (Å²) in [5, 5.41) is 2.83. The molecule has 0 saturated carbocycles. The second-order valence-corrected chi connectivity index (χ2v) is 5.40. The number of nitrogens with zero attached hydrogens (tertiary/aromatic N) is 2. The summed E-state index contributed by atoms with van der Waals surface area (Å²) in [5.41, 5.74) is 1.23. The van der Waals surface area contributed by atoms with Gasteiger partial charge in [-0.2, -0.15) is 0 Å². The van der Waals surface area contributed by atoms with Crippen molar-refractivity contribution in [2.45, 2.75) is 26.2 Å². The van der Waals surface area contributed by atoms with E-state index < -0.39 is 0 Å². The number of rotatable bonds is 1. The first kappa shape index (κ1) is 11.9. The van der Waals surface area contributed by atoms with Crippen molar-refractivity contribution in [2.75, 3.05) is 24.5 Å². The summed E-state index contributed by atoms with van der Waals surface area (Å²) in [6.07, 6.45) is 1.79. The highest BCUT2D eigenvalue weighted by Gasteiger charge is 2.24. The molecule has 1 saturated heterocycles. The summed E-state index contributed by atoms with van der Waals surface area (Å²) >= 11 is 0. The van der Waals surface area contributed by atoms with Crippen molar-refractivity contribution in [1.29, 1.82) is 0 Å². The van der Waals surface area contributed by atoms with Gasteiger partial charge in [0.2, 0.25) is 5.91 Å². The first-order valence-corrected chi connectivity index (χ1v) is 5.95. The molecule has 92 valence electrons. The molecule has 1 aliphatic rings. The summed E-state index contributed by atoms with van der Waals surface area (Å²) in [5.74, 6) is 1.01. The quantitative estimate of drug-likeness (QED) is 0.795. The van der Waals surface area contributed by atoms with Crippen molar-refractivity contribution in [1.82, 2.24) is 10.3 Å². The Balaban J connectivity index is 2.34. The van der Waals surface area contributed by atoms with Gasteiger partial charge in [-0.05, 0) is 11.5 Å². The smallest absolute Gasteiger partial charge is 0.239 e. The van der Waals surface area contributed by atoms with Gasteiger partial charge in [-0.1, -0.05) is 26.8 Å². The van der Waals surface area contributed by atoms with Crippen LogP contribution < -0.4 is 10.2 Å². The molecule has 0 aromatic carbocycles. The highest BCUT2D eigenvalue weighted by Crippen LogP contribution is 2.30. The molecule has 2 rings (SSSR count). The molecule has 1 N–H and O–H groups in total. The lowest BCUT2D eigenvalue weighted by Crippen LogP contribution is -2.48. The number of aromatic nitrogens is 1. The van der Waals surface area contributed by atoms with E-state index in [2.05, 4.69) is 42.0 Å². The van der Waals surface area contributed by atoms with Crippen molar-refractivity contribution in [3.8, 4) is 0 Å². The van der Waals surface area contributed by atoms with Crippen LogP contribution in [0, 0.1) is 0 Å². The maximum atomic E-state index is 11.4. The molecular formula is C13H19N3O. The minimum Gasteiger partial charge on any atom is -0.353 e. The first-order valence-electron chi connectivity index (χ1n) is 5.95. The van der Waals surface area contributed by atoms with E-state index in [4.69, 9.17) is 0 Å². The van der Waals surface area contributed by atoms with Crippen LogP contribution >= 0.6 is 0 Å². The Labute approximate surface area is 102 Å². The zero-order chi connectivity index (χ0) is 12.5. The van der Waals surface area contributed by atoms with Gasteiger partial charge in [0.1, 0.15) is 5.82 Å². The average molecular weight is 233 g/mol. The molecule has 1 fully saturated rings. The van der Waals surface area contributed by atoms with Crippen LogP contribution in [0.25, 0.3) is 0 Å². The van der Waals surface area contributed by atoms with Crippen LogP contribution in [0.3, 0.4) is 0 Å². The second-order valence-electron chi connectivity index (χ2n) is 5.40. The molecule has 0 radical (unpaired) electrons. The van der Waals surface area contributed by atoms with E-state index in [9.17, 15) is 4.79 Å². The molecule has 0 aliphatic carbocycles. The summed E-state index contributed by atoms with van der Waals surface area (Å²) in [6.45, 7) is 8.41. The topological polar surface area (TPSA) is 45.2 Å². The number of pyridine rings is 1. The molecule has 0 unspecified atom stereocenters. The molecule has 17 heavy (non-hydrogen) atoms. The van der Waals surface area contributed by atoms with E-state index in [1.54, 1.807) is 6.20 Å². The number of carbonyl (C=O) groups excluding carboxylic acids is 1. The van der Waals surface area contributed by atoms with Crippen LogP contribution in [0.15, 0.2) is 18.3 Å². The van der Waals surface area contributed by atoms with Crippen LogP contribution in [0.2, 0.25) is 0 Å². The number of piperazine rings is 1. The van der Waals surface area contributed by atoms with Crippen LogP contribution in [0.1, 0.15) is 26.3 Å². The van der Waals surface area contributed by atoms with Gasteiger partial charge < -0.3 is 10.2 Å². The average Bonchev–Trinajstić information content (AvgIpc) is 2.28. The Morgan fingerprint density at radius 1 is 1.41 bits per heavy atom. The van der Waals surface area contributed by atoms with Crippen molar-refractivity contribution >= 4 is 11.7 Å². The number of amides is 1. The normalized spacial score (nSPS) is 16.9. The standard InChI is InChI=1S/C13H19N3O/c1-13(2,3)10-5-4-6-15-12(10)16-8-7-14-11(17)9-16/h4-6H,7-9H2,1-3H3,(H,14,17). The van der Waals surface area contributed by atoms with E-state index >= 15 is 0 Å². The Morgan fingerprint density at radius 2 is 2.18 bits per heavy atom. The Morgan fingerprint density at radius 3 is 2.82 bits per heavy atom. The van der Waals surface area contributed by atoms with Crippen molar-refractivity contribution in [3.05, 3.63) is 23.9 Å². The molecule has 0 atom stereocenters. The molecule has 0 bridgehead atoms. The number of hydrogen-bond donors (Lipinski definition) is 1.